The molecule has 3 aliphatic rings. The topological polar surface area (TPSA) is 211 Å². The number of amides is 2. The summed E-state index contributed by atoms with van der Waals surface area (Å²) in [5.41, 5.74) is 13.4. The van der Waals surface area contributed by atoms with Gasteiger partial charge in [0.15, 0.2) is 0 Å². The van der Waals surface area contributed by atoms with Crippen molar-refractivity contribution in [3.8, 4) is 0 Å². The van der Waals surface area contributed by atoms with Crippen molar-refractivity contribution in [1.82, 2.24) is 10.6 Å². The van der Waals surface area contributed by atoms with Gasteiger partial charge in [0, 0.05) is 49.7 Å². The summed E-state index contributed by atoms with van der Waals surface area (Å²) < 4.78 is 10.4. The molecule has 13 heteroatoms. The summed E-state index contributed by atoms with van der Waals surface area (Å²) in [5, 5.41) is 24.8. The van der Waals surface area contributed by atoms with E-state index >= 15 is 0 Å². The number of carbonyl (C=O) groups excluding carboxylic acids is 4. The zero-order valence-corrected chi connectivity index (χ0v) is 50.4. The Kier molecular flexibility index (Phi) is 27.4. The number of carbonyl (C=O) groups is 6. The van der Waals surface area contributed by atoms with Crippen LogP contribution in [0.4, 0.5) is 0 Å². The van der Waals surface area contributed by atoms with Crippen LogP contribution < -0.4 is 16.4 Å². The number of ether oxygens (including phenoxy) is 2. The fraction of sp³-hybridized carbons (Fsp3) is 0.432. The van der Waals surface area contributed by atoms with E-state index in [0.717, 1.165) is 69.3 Å². The molecule has 0 saturated heterocycles. The number of fused-ring (bicyclic) bond motifs is 3. The Balaban J connectivity index is 0.000000405. The lowest BCUT2D eigenvalue weighted by molar-refractivity contribution is -0.150. The Morgan fingerprint density at radius 2 is 0.678 bits per heavy atom. The third kappa shape index (κ3) is 17.4. The van der Waals surface area contributed by atoms with Crippen LogP contribution in [0.5, 0.6) is 0 Å². The van der Waals surface area contributed by atoms with Crippen molar-refractivity contribution in [1.29, 1.82) is 0 Å². The van der Waals surface area contributed by atoms with E-state index in [9.17, 15) is 33.9 Å². The molecule has 0 fully saturated rings. The van der Waals surface area contributed by atoms with Crippen molar-refractivity contribution < 1.29 is 48.5 Å². The summed E-state index contributed by atoms with van der Waals surface area (Å²) in [6.45, 7) is 23.1. The molecule has 6 aromatic carbocycles. The molecule has 2 amide bonds. The number of hydrogen-bond acceptors (Lipinski definition) is 9. The first-order chi connectivity index (χ1) is 39.3. The molecular weight excluding hydrogens is 1090 g/mol. The van der Waals surface area contributed by atoms with Gasteiger partial charge in [-0.25, -0.2) is 14.4 Å². The summed E-state index contributed by atoms with van der Waals surface area (Å²) in [6, 6.07) is 45.9. The second kappa shape index (κ2) is 31.7. The van der Waals surface area contributed by atoms with Crippen molar-refractivity contribution in [2.45, 2.75) is 197 Å². The van der Waals surface area contributed by atoms with Gasteiger partial charge in [0.2, 0.25) is 0 Å². The summed E-state index contributed by atoms with van der Waals surface area (Å²) in [6.07, 6.45) is 5.41. The number of benzene rings is 6. The standard InChI is InChI=1S/C24H29NO3.C22H25NO3.C12H15NO2.C12H16O2.4CH4/c1-5-23(3,4)20-14-10-9-13-19(20)21(26)25-24(22(27)28-6-2)15-17-11-7-8-12-18(17)16-24;1-4-21(2,3)18-12-8-7-11-17(18)19(24)23-22(20(25)26)13-15-9-5-6-10-16(15)14-22;1-2-15-11(14)12(13)7-9-5-3-4-6-10(9)8-12;1-4-12(2,3)10-8-6-5-7-9(10)11(13)14;;;;/h7-14H,5-6,15-16H2,1-4H3,(H,25,26);5-12H,4,13-14H2,1-3H3,(H,23,24)(H,25,26);3-6H,2,7-8,13H2,1H3;5-8H,4H2,1-3H3,(H,13,14);4*1H4. The monoisotopic (exact) mass is 1190 g/mol. The largest absolute Gasteiger partial charge is 0.479 e. The molecule has 0 saturated carbocycles. The first-order valence-electron chi connectivity index (χ1n) is 29.0. The van der Waals surface area contributed by atoms with Crippen molar-refractivity contribution in [2.75, 3.05) is 13.2 Å². The van der Waals surface area contributed by atoms with Gasteiger partial charge in [0.05, 0.1) is 18.8 Å². The molecule has 9 rings (SSSR count). The minimum atomic E-state index is -1.29. The molecule has 6 aromatic rings. The Bertz CT molecular complexity index is 3230. The number of rotatable bonds is 16. The third-order valence-corrected chi connectivity index (χ3v) is 17.1. The van der Waals surface area contributed by atoms with Crippen molar-refractivity contribution in [3.05, 3.63) is 212 Å². The molecule has 0 heterocycles. The SMILES string of the molecule is C.C.C.C.CCC(C)(C)c1ccccc1C(=O)NC1(C(=O)O)Cc2ccccc2C1.CCC(C)(C)c1ccccc1C(=O)O.CCOC(=O)C1(N)Cc2ccccc2C1.CCOC(=O)C1(NC(=O)c2ccccc2C(C)(C)CC)Cc2ccccc2C1. The average molecular weight is 1190 g/mol. The number of carboxylic acids is 2. The van der Waals surface area contributed by atoms with Gasteiger partial charge in [0.1, 0.15) is 16.6 Å². The van der Waals surface area contributed by atoms with Crippen molar-refractivity contribution >= 4 is 35.7 Å². The normalized spacial score (nSPS) is 14.2. The molecule has 0 aliphatic heterocycles. The third-order valence-electron chi connectivity index (χ3n) is 17.1. The van der Waals surface area contributed by atoms with Gasteiger partial charge in [-0.1, -0.05) is 219 Å². The van der Waals surface area contributed by atoms with Crippen LogP contribution in [0.2, 0.25) is 0 Å². The number of nitrogens with two attached hydrogens (primary N) is 1. The number of hydrogen-bond donors (Lipinski definition) is 5. The Labute approximate surface area is 520 Å². The highest BCUT2D eigenvalue weighted by Gasteiger charge is 2.48. The molecule has 6 N–H and O–H groups in total. The summed E-state index contributed by atoms with van der Waals surface area (Å²) in [7, 11) is 0. The van der Waals surface area contributed by atoms with Gasteiger partial charge >= 0.3 is 23.9 Å². The highest BCUT2D eigenvalue weighted by atomic mass is 16.5. The highest BCUT2D eigenvalue weighted by Crippen LogP contribution is 2.36. The van der Waals surface area contributed by atoms with E-state index in [1.807, 2.05) is 127 Å². The number of nitrogens with one attached hydrogen (secondary N) is 2. The number of carboxylic acid groups (broad SMARTS) is 2. The van der Waals surface area contributed by atoms with E-state index in [1.54, 1.807) is 32.0 Å². The molecule has 0 radical (unpaired) electrons. The van der Waals surface area contributed by atoms with Crippen LogP contribution in [0.15, 0.2) is 146 Å². The van der Waals surface area contributed by atoms with Crippen LogP contribution >= 0.6 is 0 Å². The second-order valence-electron chi connectivity index (χ2n) is 24.0. The second-order valence-corrected chi connectivity index (χ2v) is 24.0. The van der Waals surface area contributed by atoms with Crippen LogP contribution in [0.25, 0.3) is 0 Å². The molecule has 87 heavy (non-hydrogen) atoms. The number of aromatic carboxylic acids is 1. The van der Waals surface area contributed by atoms with Crippen LogP contribution in [0, 0.1) is 0 Å². The fourth-order valence-corrected chi connectivity index (χ4v) is 11.1. The Morgan fingerprint density at radius 1 is 0.414 bits per heavy atom. The molecule has 0 aromatic heterocycles. The summed E-state index contributed by atoms with van der Waals surface area (Å²) in [5.74, 6) is -3.04. The van der Waals surface area contributed by atoms with Crippen LogP contribution in [0.3, 0.4) is 0 Å². The van der Waals surface area contributed by atoms with Crippen LogP contribution in [-0.2, 0) is 78.6 Å². The minimum Gasteiger partial charge on any atom is -0.479 e. The average Bonchev–Trinajstić information content (AvgIpc) is 1.94. The first-order valence-corrected chi connectivity index (χ1v) is 29.0. The molecule has 13 nitrogen and oxygen atoms in total. The Hall–Kier alpha value is -7.90. The van der Waals surface area contributed by atoms with E-state index < -0.39 is 28.6 Å². The molecule has 0 spiro atoms. The van der Waals surface area contributed by atoms with Crippen LogP contribution in [0.1, 0.15) is 206 Å². The van der Waals surface area contributed by atoms with Gasteiger partial charge in [-0.2, -0.15) is 0 Å². The van der Waals surface area contributed by atoms with Gasteiger partial charge in [0.25, 0.3) is 11.8 Å². The smallest absolute Gasteiger partial charge is 0.335 e. The maximum atomic E-state index is 13.3. The maximum Gasteiger partial charge on any atom is 0.335 e. The van der Waals surface area contributed by atoms with Crippen molar-refractivity contribution in [2.24, 2.45) is 5.73 Å². The van der Waals surface area contributed by atoms with Gasteiger partial charge < -0.3 is 36.1 Å². The van der Waals surface area contributed by atoms with E-state index in [4.69, 9.17) is 20.3 Å². The van der Waals surface area contributed by atoms with Gasteiger partial charge in [-0.15, -0.1) is 0 Å². The highest BCUT2D eigenvalue weighted by molar-refractivity contribution is 6.01. The number of aliphatic carboxylic acids is 1. The predicted molar refractivity (Wildman–Crippen MR) is 353 cm³/mol. The molecule has 0 unspecified atom stereocenters. The summed E-state index contributed by atoms with van der Waals surface area (Å²) in [4.78, 5) is 74.1. The van der Waals surface area contributed by atoms with Crippen LogP contribution in [-0.4, -0.2) is 75.7 Å². The molecule has 472 valence electrons. The van der Waals surface area contributed by atoms with E-state index in [1.165, 1.54) is 0 Å². The lowest BCUT2D eigenvalue weighted by Crippen LogP contribution is -2.56. The number of esters is 2. The molecule has 0 bridgehead atoms. The first kappa shape index (κ1) is 75.2. The zero-order chi connectivity index (χ0) is 61.0. The van der Waals surface area contributed by atoms with Gasteiger partial charge in [-0.3, -0.25) is 14.4 Å². The van der Waals surface area contributed by atoms with Crippen molar-refractivity contribution in [3.63, 3.8) is 0 Å². The Morgan fingerprint density at radius 3 is 0.989 bits per heavy atom. The zero-order valence-electron chi connectivity index (χ0n) is 50.4. The molecule has 3 aliphatic carbocycles. The molecular formula is C74H101N3O10. The summed E-state index contributed by atoms with van der Waals surface area (Å²) >= 11 is 0. The van der Waals surface area contributed by atoms with E-state index in [-0.39, 0.29) is 76.3 Å². The predicted octanol–water partition coefficient (Wildman–Crippen LogP) is 14.6. The maximum absolute atomic E-state index is 13.3. The molecule has 0 atom stereocenters. The van der Waals surface area contributed by atoms with E-state index in [0.29, 0.717) is 61.8 Å². The van der Waals surface area contributed by atoms with E-state index in [2.05, 4.69) is 72.9 Å². The quantitative estimate of drug-likeness (QED) is 0.0575. The minimum absolute atomic E-state index is 0. The van der Waals surface area contributed by atoms with Gasteiger partial charge in [-0.05, 0) is 118 Å². The lowest BCUT2D eigenvalue weighted by atomic mass is 9.79. The lowest BCUT2D eigenvalue weighted by Gasteiger charge is -2.30. The fourth-order valence-electron chi connectivity index (χ4n) is 11.1.